The molecule has 1 aliphatic carbocycles. The first-order valence-corrected chi connectivity index (χ1v) is 3.95. The van der Waals surface area contributed by atoms with Gasteiger partial charge >= 0.3 is 33.9 Å². The van der Waals surface area contributed by atoms with Crippen LogP contribution < -0.4 is 0 Å². The van der Waals surface area contributed by atoms with Crippen LogP contribution in [0.3, 0.4) is 0 Å². The summed E-state index contributed by atoms with van der Waals surface area (Å²) < 4.78 is 32.6. The van der Waals surface area contributed by atoms with Gasteiger partial charge in [0.1, 0.15) is 0 Å². The van der Waals surface area contributed by atoms with E-state index >= 15 is 0 Å². The Balaban J connectivity index is -0.000000106. The van der Waals surface area contributed by atoms with Gasteiger partial charge in [-0.3, -0.25) is 0 Å². The Labute approximate surface area is 111 Å². The molecular formula is C11H12FeO5. The summed E-state index contributed by atoms with van der Waals surface area (Å²) in [6.07, 6.45) is 5.80. The van der Waals surface area contributed by atoms with Gasteiger partial charge < -0.3 is 9.47 Å². The van der Waals surface area contributed by atoms with Crippen LogP contribution in [0.2, 0.25) is 0 Å². The molecule has 94 valence electrons. The molecule has 0 saturated heterocycles. The van der Waals surface area contributed by atoms with Gasteiger partial charge in [-0.15, -0.1) is 0 Å². The third kappa shape index (κ3) is 14.8. The van der Waals surface area contributed by atoms with Gasteiger partial charge in [0.15, 0.2) is 0 Å². The van der Waals surface area contributed by atoms with Crippen LogP contribution in [-0.2, 0) is 40.5 Å². The first-order chi connectivity index (χ1) is 7.86. The topological polar surface area (TPSA) is 78.2 Å². The van der Waals surface area contributed by atoms with E-state index in [1.807, 2.05) is 12.2 Å². The molecule has 6 heteroatoms. The molecule has 0 aromatic rings. The summed E-state index contributed by atoms with van der Waals surface area (Å²) in [5.74, 6) is 2.06. The molecule has 0 heterocycles. The van der Waals surface area contributed by atoms with Crippen molar-refractivity contribution >= 4 is 0 Å². The van der Waals surface area contributed by atoms with Crippen molar-refractivity contribution in [2.24, 2.45) is 0 Å². The largest absolute Gasteiger partial charge is 0 e. The van der Waals surface area contributed by atoms with E-state index in [0.717, 1.165) is 24.4 Å². The first-order valence-electron chi connectivity index (χ1n) is 3.95. The zero-order valence-corrected chi connectivity index (χ0v) is 10.6. The van der Waals surface area contributed by atoms with Gasteiger partial charge in [0.05, 0.1) is 25.7 Å². The van der Waals surface area contributed by atoms with Crippen LogP contribution in [0, 0.1) is 20.0 Å². The fraction of sp³-hybridized carbons (Fsp3) is 0.364. The predicted octanol–water partition coefficient (Wildman–Crippen LogP) is 1.73. The smallest absolute Gasteiger partial charge is 0 e. The molecule has 0 radical (unpaired) electrons. The van der Waals surface area contributed by atoms with Gasteiger partial charge in [-0.25, -0.2) is 0 Å². The van der Waals surface area contributed by atoms with Crippen molar-refractivity contribution in [2.45, 2.75) is 12.8 Å². The normalized spacial score (nSPS) is 10.6. The van der Waals surface area contributed by atoms with Crippen LogP contribution in [0.15, 0.2) is 23.7 Å². The van der Waals surface area contributed by atoms with Crippen LogP contribution in [-0.4, -0.2) is 14.2 Å². The van der Waals surface area contributed by atoms with Crippen molar-refractivity contribution in [2.75, 3.05) is 14.2 Å². The SMILES string of the molecule is COC1=CC=C(OC)CC1.[C-]#[O+].[C-]#[O+].[C-]#[O+].[Fe]. The van der Waals surface area contributed by atoms with E-state index in [0.29, 0.717) is 0 Å². The number of ether oxygens (including phenoxy) is 2. The number of allylic oxidation sites excluding steroid dienone is 4. The van der Waals surface area contributed by atoms with Crippen LogP contribution >= 0.6 is 0 Å². The van der Waals surface area contributed by atoms with Crippen LogP contribution in [0.25, 0.3) is 0 Å². The van der Waals surface area contributed by atoms with Crippen LogP contribution in [0.4, 0.5) is 0 Å². The van der Waals surface area contributed by atoms with Gasteiger partial charge in [-0.2, -0.15) is 0 Å². The molecular weight excluding hydrogens is 268 g/mol. The Morgan fingerprint density at radius 2 is 1.06 bits per heavy atom. The molecule has 1 rings (SSSR count). The second kappa shape index (κ2) is 24.2. The van der Waals surface area contributed by atoms with E-state index in [1.54, 1.807) is 14.2 Å². The van der Waals surface area contributed by atoms with Crippen molar-refractivity contribution in [1.29, 1.82) is 0 Å². The number of methoxy groups -OCH3 is 2. The maximum Gasteiger partial charge on any atom is 0 e. The van der Waals surface area contributed by atoms with Crippen molar-refractivity contribution in [3.8, 4) is 0 Å². The Morgan fingerprint density at radius 3 is 1.18 bits per heavy atom. The molecule has 0 amide bonds. The van der Waals surface area contributed by atoms with E-state index in [9.17, 15) is 0 Å². The summed E-state index contributed by atoms with van der Waals surface area (Å²) in [4.78, 5) is 0. The predicted molar refractivity (Wildman–Crippen MR) is 51.2 cm³/mol. The van der Waals surface area contributed by atoms with E-state index in [1.165, 1.54) is 0 Å². The third-order valence-corrected chi connectivity index (χ3v) is 1.60. The van der Waals surface area contributed by atoms with Crippen molar-refractivity contribution < 1.29 is 40.5 Å². The van der Waals surface area contributed by atoms with Crippen molar-refractivity contribution in [1.82, 2.24) is 0 Å². The summed E-state index contributed by atoms with van der Waals surface area (Å²) in [7, 11) is 3.38. The second-order valence-corrected chi connectivity index (χ2v) is 2.17. The number of rotatable bonds is 2. The molecule has 1 aliphatic rings. The van der Waals surface area contributed by atoms with Gasteiger partial charge in [0.2, 0.25) is 0 Å². The summed E-state index contributed by atoms with van der Waals surface area (Å²) in [6.45, 7) is 13.5. The summed E-state index contributed by atoms with van der Waals surface area (Å²) in [5, 5.41) is 0. The molecule has 0 bridgehead atoms. The fourth-order valence-corrected chi connectivity index (χ4v) is 0.939. The van der Waals surface area contributed by atoms with Crippen LogP contribution in [0.5, 0.6) is 0 Å². The molecule has 5 nitrogen and oxygen atoms in total. The molecule has 0 aromatic heterocycles. The van der Waals surface area contributed by atoms with Crippen LogP contribution in [0.1, 0.15) is 12.8 Å². The minimum absolute atomic E-state index is 0. The maximum atomic E-state index is 7.50. The van der Waals surface area contributed by atoms with Gasteiger partial charge in [0, 0.05) is 29.9 Å². The molecule has 0 fully saturated rings. The molecule has 0 aliphatic heterocycles. The molecule has 0 aromatic carbocycles. The van der Waals surface area contributed by atoms with E-state index in [-0.39, 0.29) is 17.1 Å². The summed E-state index contributed by atoms with van der Waals surface area (Å²) in [5.41, 5.74) is 0. The maximum absolute atomic E-state index is 7.50. The molecule has 0 atom stereocenters. The Morgan fingerprint density at radius 1 is 0.824 bits per heavy atom. The quantitative estimate of drug-likeness (QED) is 0.438. The zero-order chi connectivity index (χ0) is 13.4. The third-order valence-electron chi connectivity index (χ3n) is 1.60. The number of hydrogen-bond acceptors (Lipinski definition) is 2. The summed E-state index contributed by atoms with van der Waals surface area (Å²) >= 11 is 0. The second-order valence-electron chi connectivity index (χ2n) is 2.17. The molecule has 0 spiro atoms. The zero-order valence-electron chi connectivity index (χ0n) is 9.46. The molecule has 0 unspecified atom stereocenters. The molecule has 0 N–H and O–H groups in total. The van der Waals surface area contributed by atoms with E-state index < -0.39 is 0 Å². The van der Waals surface area contributed by atoms with Crippen molar-refractivity contribution in [3.05, 3.63) is 43.6 Å². The fourth-order valence-electron chi connectivity index (χ4n) is 0.939. The van der Waals surface area contributed by atoms with E-state index in [4.69, 9.17) is 23.4 Å². The monoisotopic (exact) mass is 280 g/mol. The molecule has 17 heavy (non-hydrogen) atoms. The van der Waals surface area contributed by atoms with Gasteiger partial charge in [-0.1, -0.05) is 0 Å². The van der Waals surface area contributed by atoms with Gasteiger partial charge in [-0.05, 0) is 12.2 Å². The average molecular weight is 280 g/mol. The minimum Gasteiger partial charge on any atom is 0 e. The standard InChI is InChI=1S/C8H12O2.3CO.Fe/c1-9-7-3-5-8(10-2)6-4-7;3*1-2;/h3,5H,4,6H2,1-2H3;;;;. The first kappa shape index (κ1) is 24.9. The Kier molecular flexibility index (Phi) is 35.4. The molecule has 0 saturated carbocycles. The van der Waals surface area contributed by atoms with Crippen molar-refractivity contribution in [3.63, 3.8) is 0 Å². The van der Waals surface area contributed by atoms with Gasteiger partial charge in [0.25, 0.3) is 0 Å². The van der Waals surface area contributed by atoms with E-state index in [2.05, 4.69) is 20.0 Å². The summed E-state index contributed by atoms with van der Waals surface area (Å²) in [6, 6.07) is 0. The Bertz CT molecular complexity index is 241. The number of hydrogen-bond donors (Lipinski definition) is 0. The average Bonchev–Trinajstić information content (AvgIpc) is 2.45. The Hall–Kier alpha value is -1.18. The minimum atomic E-state index is 0.